The summed E-state index contributed by atoms with van der Waals surface area (Å²) in [4.78, 5) is 6.20. The zero-order valence-corrected chi connectivity index (χ0v) is 17.7. The van der Waals surface area contributed by atoms with Gasteiger partial charge in [-0.3, -0.25) is 4.90 Å². The molecule has 0 spiro atoms. The van der Waals surface area contributed by atoms with E-state index in [2.05, 4.69) is 47.9 Å². The van der Waals surface area contributed by atoms with Crippen molar-refractivity contribution in [3.05, 3.63) is 46.3 Å². The van der Waals surface area contributed by atoms with Gasteiger partial charge in [0.2, 0.25) is 0 Å². The summed E-state index contributed by atoms with van der Waals surface area (Å²) in [5.41, 5.74) is 4.21. The highest BCUT2D eigenvalue weighted by molar-refractivity contribution is 8.01. The summed E-state index contributed by atoms with van der Waals surface area (Å²) in [5.74, 6) is 1.15. The number of thiophene rings is 1. The minimum absolute atomic E-state index is 0.345. The summed E-state index contributed by atoms with van der Waals surface area (Å²) in [6.45, 7) is 12.0. The van der Waals surface area contributed by atoms with Gasteiger partial charge in [-0.2, -0.15) is 0 Å². The Morgan fingerprint density at radius 1 is 1.12 bits per heavy atom. The fraction of sp³-hybridized carbons (Fsp3) is 0.524. The second-order valence-electron chi connectivity index (χ2n) is 7.08. The van der Waals surface area contributed by atoms with E-state index in [0.29, 0.717) is 0 Å². The molecule has 1 aliphatic rings. The maximum atomic E-state index is 9.61. The van der Waals surface area contributed by atoms with Crippen molar-refractivity contribution in [3.63, 3.8) is 0 Å². The molecule has 1 atom stereocenters. The maximum absolute atomic E-state index is 9.61. The van der Waals surface area contributed by atoms with Crippen molar-refractivity contribution in [1.29, 1.82) is 0 Å². The van der Waals surface area contributed by atoms with Gasteiger partial charge in [0, 0.05) is 42.5 Å². The van der Waals surface area contributed by atoms with Crippen molar-refractivity contribution in [2.45, 2.75) is 37.5 Å². The van der Waals surface area contributed by atoms with Gasteiger partial charge in [0.15, 0.2) is 0 Å². The first-order valence-electron chi connectivity index (χ1n) is 9.48. The van der Waals surface area contributed by atoms with E-state index in [1.165, 1.54) is 34.0 Å². The van der Waals surface area contributed by atoms with Crippen LogP contribution in [0.25, 0.3) is 0 Å². The molecule has 1 saturated heterocycles. The summed E-state index contributed by atoms with van der Waals surface area (Å²) in [7, 11) is 0. The molecular weight excluding hydrogens is 360 g/mol. The van der Waals surface area contributed by atoms with E-state index >= 15 is 0 Å². The van der Waals surface area contributed by atoms with Crippen molar-refractivity contribution >= 4 is 28.8 Å². The zero-order valence-electron chi connectivity index (χ0n) is 16.1. The quantitative estimate of drug-likeness (QED) is 0.546. The van der Waals surface area contributed by atoms with E-state index in [4.69, 9.17) is 0 Å². The smallest absolute Gasteiger partial charge is 0.0854 e. The highest BCUT2D eigenvalue weighted by Gasteiger charge is 2.18. The van der Waals surface area contributed by atoms with Gasteiger partial charge in [-0.05, 0) is 63.1 Å². The third-order valence-electron chi connectivity index (χ3n) is 5.17. The lowest BCUT2D eigenvalue weighted by Crippen LogP contribution is -2.47. The Hall–Kier alpha value is -1.01. The highest BCUT2D eigenvalue weighted by atomic mass is 32.2. The SMILES string of the molecule is Cc1cccc(N2CCN(CCCSc3ccc(C(C)O)s3)CC2)c1C. The van der Waals surface area contributed by atoms with Crippen LogP contribution in [0, 0.1) is 13.8 Å². The van der Waals surface area contributed by atoms with Gasteiger partial charge in [0.25, 0.3) is 0 Å². The van der Waals surface area contributed by atoms with Gasteiger partial charge >= 0.3 is 0 Å². The Morgan fingerprint density at radius 3 is 2.58 bits per heavy atom. The molecular formula is C21H30N2OS2. The number of thioether (sulfide) groups is 1. The number of nitrogens with zero attached hydrogens (tertiary/aromatic N) is 2. The monoisotopic (exact) mass is 390 g/mol. The Balaban J connectivity index is 1.38. The van der Waals surface area contributed by atoms with Crippen LogP contribution in [0.15, 0.2) is 34.5 Å². The summed E-state index contributed by atoms with van der Waals surface area (Å²) in [6, 6.07) is 10.8. The molecule has 142 valence electrons. The van der Waals surface area contributed by atoms with E-state index < -0.39 is 0 Å². The first kappa shape index (κ1) is 19.7. The van der Waals surface area contributed by atoms with Crippen molar-refractivity contribution in [2.75, 3.05) is 43.4 Å². The molecule has 0 radical (unpaired) electrons. The molecule has 1 aliphatic heterocycles. The van der Waals surface area contributed by atoms with Crippen molar-refractivity contribution in [3.8, 4) is 0 Å². The number of piperazine rings is 1. The molecule has 2 heterocycles. The molecule has 1 fully saturated rings. The molecule has 1 aromatic heterocycles. The van der Waals surface area contributed by atoms with Gasteiger partial charge < -0.3 is 10.0 Å². The van der Waals surface area contributed by atoms with Gasteiger partial charge in [0.05, 0.1) is 10.3 Å². The van der Waals surface area contributed by atoms with E-state index in [1.54, 1.807) is 11.3 Å². The van der Waals surface area contributed by atoms with E-state index in [0.717, 1.165) is 36.8 Å². The van der Waals surface area contributed by atoms with Crippen LogP contribution >= 0.6 is 23.1 Å². The summed E-state index contributed by atoms with van der Waals surface area (Å²) in [5, 5.41) is 9.61. The van der Waals surface area contributed by atoms with Crippen LogP contribution in [0.2, 0.25) is 0 Å². The molecule has 1 aromatic carbocycles. The lowest BCUT2D eigenvalue weighted by molar-refractivity contribution is 0.203. The molecule has 0 saturated carbocycles. The first-order chi connectivity index (χ1) is 12.5. The van der Waals surface area contributed by atoms with Gasteiger partial charge in [-0.1, -0.05) is 12.1 Å². The van der Waals surface area contributed by atoms with Crippen molar-refractivity contribution < 1.29 is 5.11 Å². The Bertz CT molecular complexity index is 706. The average molecular weight is 391 g/mol. The van der Waals surface area contributed by atoms with Crippen LogP contribution in [0.4, 0.5) is 5.69 Å². The van der Waals surface area contributed by atoms with Gasteiger partial charge in [-0.25, -0.2) is 0 Å². The highest BCUT2D eigenvalue weighted by Crippen LogP contribution is 2.31. The molecule has 26 heavy (non-hydrogen) atoms. The van der Waals surface area contributed by atoms with Crippen LogP contribution in [0.1, 0.15) is 35.5 Å². The number of rotatable bonds is 7. The molecule has 3 nitrogen and oxygen atoms in total. The summed E-state index contributed by atoms with van der Waals surface area (Å²) in [6.07, 6.45) is 0.874. The number of benzene rings is 1. The molecule has 0 bridgehead atoms. The average Bonchev–Trinajstić information content (AvgIpc) is 3.11. The van der Waals surface area contributed by atoms with E-state index in [9.17, 15) is 5.11 Å². The second-order valence-corrected chi connectivity index (χ2v) is 9.59. The standard InChI is InChI=1S/C21H30N2OS2/c1-16-6-4-7-19(17(16)2)23-13-11-22(12-14-23)10-5-15-25-21-9-8-20(26-21)18(3)24/h4,6-9,18,24H,5,10-15H2,1-3H3. The minimum Gasteiger partial charge on any atom is -0.388 e. The lowest BCUT2D eigenvalue weighted by Gasteiger charge is -2.37. The first-order valence-corrected chi connectivity index (χ1v) is 11.3. The molecule has 1 unspecified atom stereocenters. The number of aliphatic hydroxyl groups is 1. The van der Waals surface area contributed by atoms with Gasteiger partial charge in [-0.15, -0.1) is 23.1 Å². The Morgan fingerprint density at radius 2 is 1.88 bits per heavy atom. The Labute approximate surface area is 166 Å². The second kappa shape index (κ2) is 9.27. The predicted molar refractivity (Wildman–Crippen MR) is 115 cm³/mol. The van der Waals surface area contributed by atoms with E-state index in [-0.39, 0.29) is 6.10 Å². The Kier molecular flexibility index (Phi) is 7.04. The van der Waals surface area contributed by atoms with Gasteiger partial charge in [0.1, 0.15) is 0 Å². The predicted octanol–water partition coefficient (Wildman–Crippen LogP) is 4.72. The van der Waals surface area contributed by atoms with Crippen LogP contribution in [0.3, 0.4) is 0 Å². The molecule has 1 N–H and O–H groups in total. The van der Waals surface area contributed by atoms with Crippen LogP contribution in [-0.2, 0) is 0 Å². The number of anilines is 1. The number of hydrogen-bond acceptors (Lipinski definition) is 5. The maximum Gasteiger partial charge on any atom is 0.0854 e. The van der Waals surface area contributed by atoms with E-state index in [1.807, 2.05) is 24.8 Å². The lowest BCUT2D eigenvalue weighted by atomic mass is 10.1. The number of hydrogen-bond donors (Lipinski definition) is 1. The molecule has 0 amide bonds. The van der Waals surface area contributed by atoms with Crippen molar-refractivity contribution in [2.24, 2.45) is 0 Å². The van der Waals surface area contributed by atoms with Crippen molar-refractivity contribution in [1.82, 2.24) is 4.90 Å². The third-order valence-corrected chi connectivity index (χ3v) is 7.73. The number of aliphatic hydroxyl groups excluding tert-OH is 1. The normalized spacial score (nSPS) is 16.8. The van der Waals surface area contributed by atoms with Crippen LogP contribution in [0.5, 0.6) is 0 Å². The molecule has 3 rings (SSSR count). The molecule has 0 aliphatic carbocycles. The third kappa shape index (κ3) is 5.03. The summed E-state index contributed by atoms with van der Waals surface area (Å²) >= 11 is 3.64. The minimum atomic E-state index is -0.345. The van der Waals surface area contributed by atoms with Crippen LogP contribution in [-0.4, -0.2) is 48.5 Å². The molecule has 5 heteroatoms. The largest absolute Gasteiger partial charge is 0.388 e. The topological polar surface area (TPSA) is 26.7 Å². The number of aryl methyl sites for hydroxylation is 1. The van der Waals surface area contributed by atoms with Crippen LogP contribution < -0.4 is 4.90 Å². The molecule has 2 aromatic rings. The zero-order chi connectivity index (χ0) is 18.5. The summed E-state index contributed by atoms with van der Waals surface area (Å²) < 4.78 is 1.32. The fourth-order valence-corrected chi connectivity index (χ4v) is 5.48. The fourth-order valence-electron chi connectivity index (χ4n) is 3.39.